The van der Waals surface area contributed by atoms with Crippen molar-refractivity contribution in [3.63, 3.8) is 0 Å². The van der Waals surface area contributed by atoms with Crippen molar-refractivity contribution >= 4 is 6.01 Å². The third-order valence-corrected chi connectivity index (χ3v) is 3.68. The van der Waals surface area contributed by atoms with E-state index in [0.29, 0.717) is 11.9 Å². The van der Waals surface area contributed by atoms with Crippen LogP contribution in [-0.4, -0.2) is 26.9 Å². The van der Waals surface area contributed by atoms with Crippen LogP contribution in [0.5, 0.6) is 0 Å². The Morgan fingerprint density at radius 1 is 1.30 bits per heavy atom. The molecule has 1 aliphatic rings. The highest BCUT2D eigenvalue weighted by atomic mass is 16.4. The van der Waals surface area contributed by atoms with Crippen LogP contribution in [0.2, 0.25) is 0 Å². The standard InChI is InChI=1S/C14H21N5O/c1-5-10-9-8-19(7-6-11(9)16-15-10)13-18-17-12(20-13)14(2,3)4/h5-8H2,1-4H3,(H,15,16). The van der Waals surface area contributed by atoms with E-state index in [9.17, 15) is 0 Å². The maximum Gasteiger partial charge on any atom is 0.318 e. The van der Waals surface area contributed by atoms with Gasteiger partial charge in [-0.25, -0.2) is 0 Å². The molecule has 0 radical (unpaired) electrons. The molecule has 108 valence electrons. The van der Waals surface area contributed by atoms with Crippen LogP contribution in [0.25, 0.3) is 0 Å². The fourth-order valence-electron chi connectivity index (χ4n) is 2.46. The lowest BCUT2D eigenvalue weighted by atomic mass is 9.97. The van der Waals surface area contributed by atoms with Gasteiger partial charge in [0.2, 0.25) is 5.89 Å². The number of anilines is 1. The minimum Gasteiger partial charge on any atom is -0.407 e. The molecule has 3 heterocycles. The zero-order chi connectivity index (χ0) is 14.3. The van der Waals surface area contributed by atoms with Gasteiger partial charge in [0.05, 0.1) is 12.2 Å². The minimum absolute atomic E-state index is 0.115. The van der Waals surface area contributed by atoms with Crippen LogP contribution >= 0.6 is 0 Å². The van der Waals surface area contributed by atoms with E-state index in [-0.39, 0.29) is 5.41 Å². The molecule has 0 atom stereocenters. The molecule has 20 heavy (non-hydrogen) atoms. The van der Waals surface area contributed by atoms with E-state index >= 15 is 0 Å². The van der Waals surface area contributed by atoms with Gasteiger partial charge in [0, 0.05) is 29.6 Å². The van der Waals surface area contributed by atoms with Crippen LogP contribution in [0.15, 0.2) is 4.42 Å². The minimum atomic E-state index is -0.115. The Morgan fingerprint density at radius 2 is 2.10 bits per heavy atom. The topological polar surface area (TPSA) is 70.8 Å². The largest absolute Gasteiger partial charge is 0.407 e. The third-order valence-electron chi connectivity index (χ3n) is 3.68. The molecule has 0 fully saturated rings. The fourth-order valence-corrected chi connectivity index (χ4v) is 2.46. The summed E-state index contributed by atoms with van der Waals surface area (Å²) < 4.78 is 5.83. The van der Waals surface area contributed by atoms with Crippen LogP contribution in [0.3, 0.4) is 0 Å². The Morgan fingerprint density at radius 3 is 2.75 bits per heavy atom. The lowest BCUT2D eigenvalue weighted by Crippen LogP contribution is -2.30. The molecule has 0 bridgehead atoms. The van der Waals surface area contributed by atoms with E-state index in [1.165, 1.54) is 11.3 Å². The quantitative estimate of drug-likeness (QED) is 0.910. The molecule has 0 saturated carbocycles. The predicted molar refractivity (Wildman–Crippen MR) is 75.7 cm³/mol. The van der Waals surface area contributed by atoms with E-state index in [1.54, 1.807) is 0 Å². The molecule has 0 spiro atoms. The molecule has 6 heteroatoms. The number of aromatic amines is 1. The van der Waals surface area contributed by atoms with Crippen molar-refractivity contribution in [2.24, 2.45) is 0 Å². The van der Waals surface area contributed by atoms with Crippen molar-refractivity contribution in [3.8, 4) is 0 Å². The van der Waals surface area contributed by atoms with Crippen molar-refractivity contribution in [2.75, 3.05) is 11.4 Å². The van der Waals surface area contributed by atoms with E-state index in [4.69, 9.17) is 4.42 Å². The molecule has 3 rings (SSSR count). The van der Waals surface area contributed by atoms with Gasteiger partial charge in [-0.1, -0.05) is 32.8 Å². The third kappa shape index (κ3) is 2.19. The molecule has 0 aliphatic carbocycles. The van der Waals surface area contributed by atoms with Crippen molar-refractivity contribution in [2.45, 2.75) is 52.5 Å². The lowest BCUT2D eigenvalue weighted by molar-refractivity contribution is 0.389. The second-order valence-corrected chi connectivity index (χ2v) is 6.29. The van der Waals surface area contributed by atoms with Crippen molar-refractivity contribution < 1.29 is 4.42 Å². The Hall–Kier alpha value is -1.85. The number of nitrogens with zero attached hydrogens (tertiary/aromatic N) is 4. The Balaban J connectivity index is 1.85. The molecule has 1 aliphatic heterocycles. The summed E-state index contributed by atoms with van der Waals surface area (Å²) in [7, 11) is 0. The van der Waals surface area contributed by atoms with Gasteiger partial charge < -0.3 is 9.32 Å². The summed E-state index contributed by atoms with van der Waals surface area (Å²) in [5.74, 6) is 0.682. The first-order valence-corrected chi connectivity index (χ1v) is 7.13. The molecule has 0 aromatic carbocycles. The first-order valence-electron chi connectivity index (χ1n) is 7.13. The number of hydrogen-bond donors (Lipinski definition) is 1. The fraction of sp³-hybridized carbons (Fsp3) is 0.643. The molecule has 0 amide bonds. The second-order valence-electron chi connectivity index (χ2n) is 6.29. The van der Waals surface area contributed by atoms with Crippen molar-refractivity contribution in [3.05, 3.63) is 22.8 Å². The SMILES string of the molecule is CCc1n[nH]c2c1CN(c1nnc(C(C)(C)C)o1)CC2. The van der Waals surface area contributed by atoms with Crippen molar-refractivity contribution in [1.82, 2.24) is 20.4 Å². The summed E-state index contributed by atoms with van der Waals surface area (Å²) in [6.45, 7) is 10.0. The molecular weight excluding hydrogens is 254 g/mol. The number of nitrogens with one attached hydrogen (secondary N) is 1. The van der Waals surface area contributed by atoms with Gasteiger partial charge in [-0.05, 0) is 6.42 Å². The summed E-state index contributed by atoms with van der Waals surface area (Å²) in [4.78, 5) is 2.14. The van der Waals surface area contributed by atoms with Gasteiger partial charge in [0.1, 0.15) is 0 Å². The summed E-state index contributed by atoms with van der Waals surface area (Å²) >= 11 is 0. The average molecular weight is 275 g/mol. The van der Waals surface area contributed by atoms with Gasteiger partial charge in [0.25, 0.3) is 0 Å². The molecule has 2 aromatic heterocycles. The maximum atomic E-state index is 5.83. The summed E-state index contributed by atoms with van der Waals surface area (Å²) in [5.41, 5.74) is 3.55. The van der Waals surface area contributed by atoms with E-state index < -0.39 is 0 Å². The molecule has 6 nitrogen and oxygen atoms in total. The molecule has 0 saturated heterocycles. The Bertz CT molecular complexity index is 594. The number of hydrogen-bond acceptors (Lipinski definition) is 5. The highest BCUT2D eigenvalue weighted by Gasteiger charge is 2.27. The summed E-state index contributed by atoms with van der Waals surface area (Å²) in [6.07, 6.45) is 1.88. The number of H-pyrrole nitrogens is 1. The van der Waals surface area contributed by atoms with Crippen LogP contribution in [-0.2, 0) is 24.8 Å². The van der Waals surface area contributed by atoms with Crippen LogP contribution in [0, 0.1) is 0 Å². The molecular formula is C14H21N5O. The monoisotopic (exact) mass is 275 g/mol. The molecule has 1 N–H and O–H groups in total. The molecule has 2 aromatic rings. The van der Waals surface area contributed by atoms with E-state index in [2.05, 4.69) is 53.0 Å². The number of aromatic nitrogens is 4. The summed E-state index contributed by atoms with van der Waals surface area (Å²) in [6, 6.07) is 0.615. The lowest BCUT2D eigenvalue weighted by Gasteiger charge is -2.25. The zero-order valence-corrected chi connectivity index (χ0v) is 12.5. The highest BCUT2D eigenvalue weighted by Crippen LogP contribution is 2.28. The predicted octanol–water partition coefficient (Wildman–Crippen LogP) is 2.22. The van der Waals surface area contributed by atoms with Crippen LogP contribution in [0.4, 0.5) is 6.01 Å². The average Bonchev–Trinajstić information content (AvgIpc) is 3.04. The Labute approximate surface area is 118 Å². The molecule has 0 unspecified atom stereocenters. The first-order chi connectivity index (χ1) is 9.49. The van der Waals surface area contributed by atoms with Gasteiger partial charge in [-0.15, -0.1) is 5.10 Å². The van der Waals surface area contributed by atoms with Gasteiger partial charge in [-0.2, -0.15) is 5.10 Å². The number of rotatable bonds is 2. The Kier molecular flexibility index (Phi) is 3.03. The maximum absolute atomic E-state index is 5.83. The van der Waals surface area contributed by atoms with Gasteiger partial charge in [-0.3, -0.25) is 5.10 Å². The summed E-state index contributed by atoms with van der Waals surface area (Å²) in [5, 5.41) is 15.9. The van der Waals surface area contributed by atoms with Crippen molar-refractivity contribution in [1.29, 1.82) is 0 Å². The number of fused-ring (bicyclic) bond motifs is 1. The van der Waals surface area contributed by atoms with E-state index in [0.717, 1.165) is 31.6 Å². The normalized spacial score (nSPS) is 15.5. The van der Waals surface area contributed by atoms with Gasteiger partial charge >= 0.3 is 6.01 Å². The highest BCUT2D eigenvalue weighted by molar-refractivity contribution is 5.37. The zero-order valence-electron chi connectivity index (χ0n) is 12.5. The van der Waals surface area contributed by atoms with Crippen LogP contribution < -0.4 is 4.90 Å². The van der Waals surface area contributed by atoms with Gasteiger partial charge in [0.15, 0.2) is 0 Å². The smallest absolute Gasteiger partial charge is 0.318 e. The van der Waals surface area contributed by atoms with Crippen LogP contribution in [0.1, 0.15) is 50.5 Å². The van der Waals surface area contributed by atoms with E-state index in [1.807, 2.05) is 0 Å². The first kappa shape index (κ1) is 13.1. The second kappa shape index (κ2) is 4.61. The number of aryl methyl sites for hydroxylation is 1.